The van der Waals surface area contributed by atoms with Crippen LogP contribution in [0.3, 0.4) is 0 Å². The van der Waals surface area contributed by atoms with Crippen LogP contribution in [0.4, 0.5) is 28.8 Å². The number of methoxy groups -OCH3 is 1. The number of nitrogens with zero attached hydrogens (tertiary/aromatic N) is 7. The maximum absolute atomic E-state index is 17.4. The Morgan fingerprint density at radius 2 is 2.00 bits per heavy atom. The number of nitrogens with two attached hydrogens (primary N) is 1. The number of alkyl halides is 1. The van der Waals surface area contributed by atoms with Crippen LogP contribution in [0, 0.1) is 23.0 Å². The summed E-state index contributed by atoms with van der Waals surface area (Å²) < 4.78 is 65.1. The minimum atomic E-state index is -0.972. The van der Waals surface area contributed by atoms with Gasteiger partial charge in [0.2, 0.25) is 0 Å². The number of aromatic nitrogens is 2. The van der Waals surface area contributed by atoms with Gasteiger partial charge in [-0.15, -0.1) is 11.3 Å². The summed E-state index contributed by atoms with van der Waals surface area (Å²) >= 11 is 7.97. The molecule has 2 N–H and O–H groups in total. The van der Waals surface area contributed by atoms with Crippen LogP contribution in [0.25, 0.3) is 32.1 Å². The van der Waals surface area contributed by atoms with Gasteiger partial charge < -0.3 is 34.6 Å². The summed E-state index contributed by atoms with van der Waals surface area (Å²) in [5, 5.41) is 10.4. The van der Waals surface area contributed by atoms with E-state index in [-0.39, 0.29) is 90.9 Å². The van der Waals surface area contributed by atoms with E-state index in [0.29, 0.717) is 57.9 Å². The Kier molecular flexibility index (Phi) is 8.41. The molecule has 0 saturated carbocycles. The number of nitriles is 1. The number of hydrogen-bond donors (Lipinski definition) is 1. The number of halogens is 4. The molecule has 3 atom stereocenters. The zero-order valence-electron chi connectivity index (χ0n) is 28.8. The Bertz CT molecular complexity index is 2220. The number of carbonyl (C=O) groups excluding carboxylic acids is 1. The Morgan fingerprint density at radius 3 is 2.79 bits per heavy atom. The summed E-state index contributed by atoms with van der Waals surface area (Å²) in [6.07, 6.45) is 1.67. The maximum Gasteiger partial charge on any atom is 0.320 e. The molecule has 0 spiro atoms. The summed E-state index contributed by atoms with van der Waals surface area (Å²) in [5.74, 6) is -0.975. The minimum absolute atomic E-state index is 0.0137. The normalized spacial score (nSPS) is 24.4. The molecule has 4 aromatic rings. The number of ether oxygens (including phenoxy) is 3. The van der Waals surface area contributed by atoms with Crippen LogP contribution in [0.2, 0.25) is 5.02 Å². The van der Waals surface area contributed by atoms with Crippen molar-refractivity contribution in [1.82, 2.24) is 24.7 Å². The van der Waals surface area contributed by atoms with Gasteiger partial charge in [-0.05, 0) is 37.4 Å². The average Bonchev–Trinajstić information content (AvgIpc) is 3.87. The zero-order chi connectivity index (χ0) is 36.8. The standard InChI is InChI=1S/C36H36ClF3N8O4S/c1-50-20-15-46(16-20)35(49)45-8-5-19(14-45)48-9-10-51-30-26-29(43-34(44-33(26)48)52-17-36-6-2-7-47(36)13-18(38)11-36)28(40)25(27(30)37)21-3-4-23(39)31-24(21)22(12-41)32(42)53-31/h3-4,18-20H,2,5-11,13-17,42H2,1H3/t18-,19?,36+/m1/s1. The van der Waals surface area contributed by atoms with E-state index in [0.717, 1.165) is 30.7 Å². The van der Waals surface area contributed by atoms with Gasteiger partial charge in [0.1, 0.15) is 47.6 Å². The van der Waals surface area contributed by atoms with E-state index >= 15 is 8.78 Å². The molecule has 7 heterocycles. The monoisotopic (exact) mass is 768 g/mol. The number of likely N-dealkylation sites (tertiary alicyclic amines) is 2. The summed E-state index contributed by atoms with van der Waals surface area (Å²) in [6.45, 7) is 3.67. The Hall–Kier alpha value is -4.30. The van der Waals surface area contributed by atoms with Gasteiger partial charge in [-0.25, -0.2) is 18.0 Å². The number of fused-ring (bicyclic) bond motifs is 2. The molecule has 0 aliphatic carbocycles. The summed E-state index contributed by atoms with van der Waals surface area (Å²) in [7, 11) is 1.63. The number of urea groups is 1. The van der Waals surface area contributed by atoms with Crippen molar-refractivity contribution in [2.24, 2.45) is 0 Å². The summed E-state index contributed by atoms with van der Waals surface area (Å²) in [5.41, 5.74) is 5.51. The second-order valence-corrected chi connectivity index (χ2v) is 15.9. The molecular weight excluding hydrogens is 733 g/mol. The lowest BCUT2D eigenvalue weighted by atomic mass is 9.95. The highest BCUT2D eigenvalue weighted by Gasteiger charge is 2.49. The molecule has 9 rings (SSSR count). The predicted octanol–water partition coefficient (Wildman–Crippen LogP) is 5.58. The fourth-order valence-electron chi connectivity index (χ4n) is 8.86. The van der Waals surface area contributed by atoms with Crippen molar-refractivity contribution in [1.29, 1.82) is 5.26 Å². The van der Waals surface area contributed by atoms with E-state index in [9.17, 15) is 14.4 Å². The van der Waals surface area contributed by atoms with Crippen LogP contribution in [-0.2, 0) is 4.74 Å². The number of thiophene rings is 1. The van der Waals surface area contributed by atoms with Gasteiger partial charge in [-0.3, -0.25) is 4.90 Å². The lowest BCUT2D eigenvalue weighted by molar-refractivity contribution is -0.0143. The van der Waals surface area contributed by atoms with E-state index in [1.807, 2.05) is 11.0 Å². The fraction of sp³-hybridized carbons (Fsp3) is 0.500. The molecule has 5 aliphatic heterocycles. The van der Waals surface area contributed by atoms with Gasteiger partial charge in [0.05, 0.1) is 51.9 Å². The van der Waals surface area contributed by atoms with Gasteiger partial charge in [-0.2, -0.15) is 15.2 Å². The fourth-order valence-corrected chi connectivity index (χ4v) is 10.1. The van der Waals surface area contributed by atoms with Crippen molar-refractivity contribution in [3.05, 3.63) is 34.4 Å². The van der Waals surface area contributed by atoms with Crippen molar-refractivity contribution >= 4 is 60.8 Å². The largest absolute Gasteiger partial charge is 0.489 e. The van der Waals surface area contributed by atoms with E-state index in [2.05, 4.69) is 9.88 Å². The molecule has 278 valence electrons. The topological polar surface area (TPSA) is 133 Å². The first-order chi connectivity index (χ1) is 25.6. The molecule has 2 amide bonds. The zero-order valence-corrected chi connectivity index (χ0v) is 30.4. The van der Waals surface area contributed by atoms with Gasteiger partial charge in [0.15, 0.2) is 11.6 Å². The molecule has 5 aliphatic rings. The molecule has 2 aromatic heterocycles. The van der Waals surface area contributed by atoms with Gasteiger partial charge >= 0.3 is 12.0 Å². The number of rotatable bonds is 6. The average molecular weight is 769 g/mol. The van der Waals surface area contributed by atoms with Crippen molar-refractivity contribution in [3.8, 4) is 29.0 Å². The van der Waals surface area contributed by atoms with E-state index in [4.69, 9.17) is 36.5 Å². The highest BCUT2D eigenvalue weighted by Crippen LogP contribution is 2.51. The van der Waals surface area contributed by atoms with E-state index in [1.165, 1.54) is 12.1 Å². The predicted molar refractivity (Wildman–Crippen MR) is 194 cm³/mol. The molecular formula is C36H36ClF3N8O4S. The number of hydrogen-bond acceptors (Lipinski definition) is 11. The first-order valence-electron chi connectivity index (χ1n) is 17.7. The number of benzene rings is 2. The van der Waals surface area contributed by atoms with Crippen LogP contribution < -0.4 is 20.1 Å². The first-order valence-corrected chi connectivity index (χ1v) is 18.9. The molecule has 17 heteroatoms. The van der Waals surface area contributed by atoms with E-state index < -0.39 is 23.3 Å². The number of anilines is 2. The third-order valence-electron chi connectivity index (χ3n) is 11.5. The molecule has 53 heavy (non-hydrogen) atoms. The molecule has 4 fully saturated rings. The molecule has 12 nitrogen and oxygen atoms in total. The molecule has 0 bridgehead atoms. The number of nitrogen functional groups attached to an aromatic ring is 1. The number of carbonyl (C=O) groups is 1. The molecule has 0 radical (unpaired) electrons. The molecule has 1 unspecified atom stereocenters. The summed E-state index contributed by atoms with van der Waals surface area (Å²) in [4.78, 5) is 30.5. The quantitative estimate of drug-likeness (QED) is 0.265. The van der Waals surface area contributed by atoms with Gasteiger partial charge in [0.25, 0.3) is 0 Å². The van der Waals surface area contributed by atoms with Crippen molar-refractivity contribution in [2.75, 3.05) is 76.8 Å². The first kappa shape index (κ1) is 34.5. The smallest absolute Gasteiger partial charge is 0.320 e. The van der Waals surface area contributed by atoms with Crippen LogP contribution in [0.1, 0.15) is 31.2 Å². The third kappa shape index (κ3) is 5.41. The second kappa shape index (κ2) is 12.9. The summed E-state index contributed by atoms with van der Waals surface area (Å²) in [6, 6.07) is 4.22. The van der Waals surface area contributed by atoms with Gasteiger partial charge in [-0.1, -0.05) is 17.7 Å². The Morgan fingerprint density at radius 1 is 1.17 bits per heavy atom. The van der Waals surface area contributed by atoms with Crippen LogP contribution in [0.15, 0.2) is 12.1 Å². The SMILES string of the molecule is COC1CN(C(=O)N2CCC(N3CCOc4c(Cl)c(-c5ccc(F)c6sc(N)c(C#N)c56)c(F)c5nc(OC[C@@]67CCCN6C[C@H](F)C7)nc3c45)C2)C1. The van der Waals surface area contributed by atoms with Gasteiger partial charge in [0, 0.05) is 50.2 Å². The van der Waals surface area contributed by atoms with Crippen molar-refractivity contribution < 1.29 is 32.2 Å². The maximum atomic E-state index is 17.4. The highest BCUT2D eigenvalue weighted by molar-refractivity contribution is 7.23. The number of amides is 2. The van der Waals surface area contributed by atoms with Crippen LogP contribution in [0.5, 0.6) is 11.8 Å². The van der Waals surface area contributed by atoms with Crippen LogP contribution in [-0.4, -0.2) is 121 Å². The lowest BCUT2D eigenvalue weighted by Crippen LogP contribution is -2.58. The Labute approximate surface area is 311 Å². The Balaban J connectivity index is 1.17. The van der Waals surface area contributed by atoms with Crippen molar-refractivity contribution in [2.45, 2.75) is 49.5 Å². The minimum Gasteiger partial charge on any atom is -0.489 e. The highest BCUT2D eigenvalue weighted by atomic mass is 35.5. The third-order valence-corrected chi connectivity index (χ3v) is 12.9. The van der Waals surface area contributed by atoms with Crippen LogP contribution >= 0.6 is 22.9 Å². The van der Waals surface area contributed by atoms with E-state index in [1.54, 1.807) is 16.9 Å². The molecule has 4 saturated heterocycles. The molecule has 2 aromatic carbocycles. The lowest BCUT2D eigenvalue weighted by Gasteiger charge is -2.40. The second-order valence-electron chi connectivity index (χ2n) is 14.5. The van der Waals surface area contributed by atoms with Crippen molar-refractivity contribution in [3.63, 3.8) is 0 Å².